The lowest BCUT2D eigenvalue weighted by molar-refractivity contribution is -0.144. The van der Waals surface area contributed by atoms with Crippen LogP contribution in [0.1, 0.15) is 12.5 Å². The molecule has 0 spiro atoms. The van der Waals surface area contributed by atoms with E-state index in [0.29, 0.717) is 6.42 Å². The van der Waals surface area contributed by atoms with Crippen LogP contribution in [-0.4, -0.2) is 25.0 Å². The van der Waals surface area contributed by atoms with Gasteiger partial charge in [-0.2, -0.15) is 11.3 Å². The Balaban J connectivity index is 2.39. The molecule has 0 bridgehead atoms. The zero-order valence-electron chi connectivity index (χ0n) is 8.65. The maximum absolute atomic E-state index is 11.4. The molecule has 1 heterocycles. The topological polar surface area (TPSA) is 55.4 Å². The Morgan fingerprint density at radius 3 is 2.87 bits per heavy atom. The lowest BCUT2D eigenvalue weighted by atomic mass is 10.2. The van der Waals surface area contributed by atoms with E-state index in [-0.39, 0.29) is 5.91 Å². The molecule has 4 nitrogen and oxygen atoms in total. The van der Waals surface area contributed by atoms with Crippen LogP contribution in [0.2, 0.25) is 0 Å². The fourth-order valence-corrected chi connectivity index (χ4v) is 1.78. The Kier molecular flexibility index (Phi) is 4.30. The van der Waals surface area contributed by atoms with Gasteiger partial charge in [-0.3, -0.25) is 4.79 Å². The van der Waals surface area contributed by atoms with Crippen molar-refractivity contribution in [3.8, 4) is 0 Å². The number of carbonyl (C=O) groups excluding carboxylic acids is 2. The van der Waals surface area contributed by atoms with Crippen molar-refractivity contribution in [1.29, 1.82) is 0 Å². The van der Waals surface area contributed by atoms with Gasteiger partial charge in [-0.15, -0.1) is 0 Å². The number of esters is 1. The summed E-state index contributed by atoms with van der Waals surface area (Å²) in [7, 11) is 1.30. The largest absolute Gasteiger partial charge is 0.467 e. The lowest BCUT2D eigenvalue weighted by Gasteiger charge is -2.10. The highest BCUT2D eigenvalue weighted by Gasteiger charge is 2.15. The SMILES string of the molecule is COC(=O)C(C)NC(=O)Cc1ccsc1. The normalized spacial score (nSPS) is 11.9. The van der Waals surface area contributed by atoms with Crippen LogP contribution >= 0.6 is 11.3 Å². The van der Waals surface area contributed by atoms with E-state index in [4.69, 9.17) is 0 Å². The fourth-order valence-electron chi connectivity index (χ4n) is 1.11. The molecule has 1 N–H and O–H groups in total. The average molecular weight is 227 g/mol. The third-order valence-electron chi connectivity index (χ3n) is 1.88. The van der Waals surface area contributed by atoms with Crippen LogP contribution in [0.15, 0.2) is 16.8 Å². The van der Waals surface area contributed by atoms with E-state index in [1.807, 2.05) is 16.8 Å². The van der Waals surface area contributed by atoms with Crippen LogP contribution in [0.5, 0.6) is 0 Å². The van der Waals surface area contributed by atoms with Crippen LogP contribution in [-0.2, 0) is 20.7 Å². The first-order valence-corrected chi connectivity index (χ1v) is 5.46. The van der Waals surface area contributed by atoms with Crippen LogP contribution in [0.25, 0.3) is 0 Å². The van der Waals surface area contributed by atoms with Crippen molar-refractivity contribution in [2.45, 2.75) is 19.4 Å². The molecule has 0 saturated heterocycles. The second-order valence-corrected chi connectivity index (χ2v) is 3.90. The Morgan fingerprint density at radius 1 is 1.60 bits per heavy atom. The molecule has 82 valence electrons. The molecule has 1 aromatic rings. The first-order chi connectivity index (χ1) is 7.13. The molecule has 0 aliphatic rings. The highest BCUT2D eigenvalue weighted by Crippen LogP contribution is 2.06. The number of methoxy groups -OCH3 is 1. The summed E-state index contributed by atoms with van der Waals surface area (Å²) in [6.45, 7) is 1.59. The summed E-state index contributed by atoms with van der Waals surface area (Å²) in [5.74, 6) is -0.611. The van der Waals surface area contributed by atoms with E-state index in [2.05, 4.69) is 10.1 Å². The maximum atomic E-state index is 11.4. The van der Waals surface area contributed by atoms with Crippen molar-refractivity contribution in [1.82, 2.24) is 5.32 Å². The van der Waals surface area contributed by atoms with Gasteiger partial charge in [0.2, 0.25) is 5.91 Å². The number of carbonyl (C=O) groups is 2. The first kappa shape index (κ1) is 11.7. The lowest BCUT2D eigenvalue weighted by Crippen LogP contribution is -2.39. The second-order valence-electron chi connectivity index (χ2n) is 3.12. The van der Waals surface area contributed by atoms with Crippen molar-refractivity contribution in [2.75, 3.05) is 7.11 Å². The van der Waals surface area contributed by atoms with Gasteiger partial charge in [-0.05, 0) is 29.3 Å². The van der Waals surface area contributed by atoms with Gasteiger partial charge in [0.05, 0.1) is 13.5 Å². The van der Waals surface area contributed by atoms with E-state index in [9.17, 15) is 9.59 Å². The van der Waals surface area contributed by atoms with Crippen molar-refractivity contribution in [2.24, 2.45) is 0 Å². The molecule has 0 aromatic carbocycles. The molecular formula is C10H13NO3S. The van der Waals surface area contributed by atoms with Crippen LogP contribution in [0.3, 0.4) is 0 Å². The quantitative estimate of drug-likeness (QED) is 0.780. The fraction of sp³-hybridized carbons (Fsp3) is 0.400. The molecule has 5 heteroatoms. The molecule has 0 aliphatic heterocycles. The molecular weight excluding hydrogens is 214 g/mol. The van der Waals surface area contributed by atoms with Gasteiger partial charge in [0.15, 0.2) is 0 Å². The van der Waals surface area contributed by atoms with Gasteiger partial charge in [0.1, 0.15) is 6.04 Å². The van der Waals surface area contributed by atoms with Gasteiger partial charge in [0.25, 0.3) is 0 Å². The number of hydrogen-bond donors (Lipinski definition) is 1. The Morgan fingerprint density at radius 2 is 2.33 bits per heavy atom. The van der Waals surface area contributed by atoms with Gasteiger partial charge in [0, 0.05) is 0 Å². The molecule has 1 aromatic heterocycles. The first-order valence-electron chi connectivity index (χ1n) is 4.51. The number of ether oxygens (including phenoxy) is 1. The van der Waals surface area contributed by atoms with Crippen LogP contribution in [0, 0.1) is 0 Å². The molecule has 1 atom stereocenters. The average Bonchev–Trinajstić information content (AvgIpc) is 2.68. The summed E-state index contributed by atoms with van der Waals surface area (Å²) in [4.78, 5) is 22.4. The minimum absolute atomic E-state index is 0.175. The summed E-state index contributed by atoms with van der Waals surface area (Å²) in [5, 5.41) is 6.37. The number of rotatable bonds is 4. The number of nitrogens with one attached hydrogen (secondary N) is 1. The van der Waals surface area contributed by atoms with Crippen LogP contribution in [0.4, 0.5) is 0 Å². The third kappa shape index (κ3) is 3.71. The Labute approximate surface area is 92.2 Å². The highest BCUT2D eigenvalue weighted by molar-refractivity contribution is 7.07. The molecule has 1 amide bonds. The van der Waals surface area contributed by atoms with Crippen molar-refractivity contribution in [3.05, 3.63) is 22.4 Å². The van der Waals surface area contributed by atoms with E-state index in [1.165, 1.54) is 18.4 Å². The van der Waals surface area contributed by atoms with E-state index in [0.717, 1.165) is 5.56 Å². The van der Waals surface area contributed by atoms with Gasteiger partial charge < -0.3 is 10.1 Å². The predicted molar refractivity (Wildman–Crippen MR) is 57.6 cm³/mol. The third-order valence-corrected chi connectivity index (χ3v) is 2.61. The standard InChI is InChI=1S/C10H13NO3S/c1-7(10(13)14-2)11-9(12)5-8-3-4-15-6-8/h3-4,6-7H,5H2,1-2H3,(H,11,12). The van der Waals surface area contributed by atoms with E-state index >= 15 is 0 Å². The Bertz CT molecular complexity index is 334. The van der Waals surface area contributed by atoms with E-state index < -0.39 is 12.0 Å². The minimum Gasteiger partial charge on any atom is -0.467 e. The van der Waals surface area contributed by atoms with Gasteiger partial charge in [-0.25, -0.2) is 4.79 Å². The molecule has 1 rings (SSSR count). The number of amides is 1. The zero-order valence-corrected chi connectivity index (χ0v) is 9.47. The zero-order chi connectivity index (χ0) is 11.3. The molecule has 0 aliphatic carbocycles. The highest BCUT2D eigenvalue weighted by atomic mass is 32.1. The summed E-state index contributed by atoms with van der Waals surface area (Å²) in [6, 6.07) is 1.29. The Hall–Kier alpha value is -1.36. The second kappa shape index (κ2) is 5.50. The van der Waals surface area contributed by atoms with Crippen molar-refractivity contribution >= 4 is 23.2 Å². The molecule has 0 fully saturated rings. The monoisotopic (exact) mass is 227 g/mol. The smallest absolute Gasteiger partial charge is 0.328 e. The molecule has 1 unspecified atom stereocenters. The molecule has 0 saturated carbocycles. The number of thiophene rings is 1. The van der Waals surface area contributed by atoms with Gasteiger partial charge >= 0.3 is 5.97 Å². The van der Waals surface area contributed by atoms with Crippen LogP contribution < -0.4 is 5.32 Å². The molecule has 15 heavy (non-hydrogen) atoms. The summed E-state index contributed by atoms with van der Waals surface area (Å²) in [6.07, 6.45) is 0.296. The maximum Gasteiger partial charge on any atom is 0.328 e. The van der Waals surface area contributed by atoms with Gasteiger partial charge in [-0.1, -0.05) is 0 Å². The summed E-state index contributed by atoms with van der Waals surface area (Å²) >= 11 is 1.54. The summed E-state index contributed by atoms with van der Waals surface area (Å²) < 4.78 is 4.50. The predicted octanol–water partition coefficient (Wildman–Crippen LogP) is 0.968. The number of hydrogen-bond acceptors (Lipinski definition) is 4. The molecule has 0 radical (unpaired) electrons. The van der Waals surface area contributed by atoms with Crippen molar-refractivity contribution < 1.29 is 14.3 Å². The van der Waals surface area contributed by atoms with Crippen molar-refractivity contribution in [3.63, 3.8) is 0 Å². The van der Waals surface area contributed by atoms with E-state index in [1.54, 1.807) is 6.92 Å². The minimum atomic E-state index is -0.596. The summed E-state index contributed by atoms with van der Waals surface area (Å²) in [5.41, 5.74) is 0.953.